The number of rotatable bonds is 6. The number of hydrogen-bond donors (Lipinski definition) is 1. The van der Waals surface area contributed by atoms with Crippen LogP contribution in [0.3, 0.4) is 0 Å². The molecule has 0 aliphatic rings. The molecule has 0 aromatic carbocycles. The Morgan fingerprint density at radius 1 is 1.25 bits per heavy atom. The highest BCUT2D eigenvalue weighted by Gasteiger charge is 2.17. The van der Waals surface area contributed by atoms with Gasteiger partial charge in [0, 0.05) is 25.7 Å². The molecule has 4 nitrogen and oxygen atoms in total. The number of nitrogens with zero attached hydrogens (tertiary/aromatic N) is 2. The van der Waals surface area contributed by atoms with Gasteiger partial charge in [-0.2, -0.15) is 0 Å². The summed E-state index contributed by atoms with van der Waals surface area (Å²) >= 11 is 0. The van der Waals surface area contributed by atoms with Crippen molar-refractivity contribution in [1.82, 2.24) is 4.90 Å². The van der Waals surface area contributed by atoms with Crippen molar-refractivity contribution in [2.75, 3.05) is 38.6 Å². The molecule has 0 saturated heterocycles. The first-order chi connectivity index (χ1) is 7.63. The maximum absolute atomic E-state index is 5.85. The minimum Gasteiger partial charge on any atom is -0.444 e. The van der Waals surface area contributed by atoms with Gasteiger partial charge >= 0.3 is 0 Å². The van der Waals surface area contributed by atoms with Gasteiger partial charge in [-0.1, -0.05) is 0 Å². The third-order valence-electron chi connectivity index (χ3n) is 2.86. The SMILES string of the molecule is CCN(CC)c1ccc([C@@H](CN)N(C)C)o1. The number of likely N-dealkylation sites (N-methyl/N-ethyl adjacent to an activating group) is 1. The van der Waals surface area contributed by atoms with Crippen molar-refractivity contribution < 1.29 is 4.42 Å². The van der Waals surface area contributed by atoms with Gasteiger partial charge in [-0.15, -0.1) is 0 Å². The summed E-state index contributed by atoms with van der Waals surface area (Å²) in [6.45, 7) is 6.73. The Bertz CT molecular complexity index is 305. The van der Waals surface area contributed by atoms with Gasteiger partial charge in [-0.05, 0) is 34.0 Å². The smallest absolute Gasteiger partial charge is 0.195 e. The quantitative estimate of drug-likeness (QED) is 0.800. The first kappa shape index (κ1) is 13.1. The molecule has 0 fully saturated rings. The van der Waals surface area contributed by atoms with Crippen molar-refractivity contribution in [3.63, 3.8) is 0 Å². The van der Waals surface area contributed by atoms with Crippen LogP contribution < -0.4 is 10.6 Å². The van der Waals surface area contributed by atoms with E-state index in [1.807, 2.05) is 26.2 Å². The zero-order valence-corrected chi connectivity index (χ0v) is 10.7. The maximum atomic E-state index is 5.85. The van der Waals surface area contributed by atoms with Gasteiger partial charge in [0.05, 0.1) is 6.04 Å². The van der Waals surface area contributed by atoms with Crippen molar-refractivity contribution in [2.24, 2.45) is 5.73 Å². The van der Waals surface area contributed by atoms with E-state index in [9.17, 15) is 0 Å². The molecule has 0 saturated carbocycles. The van der Waals surface area contributed by atoms with Crippen molar-refractivity contribution >= 4 is 5.88 Å². The fraction of sp³-hybridized carbons (Fsp3) is 0.667. The normalized spacial score (nSPS) is 13.1. The summed E-state index contributed by atoms with van der Waals surface area (Å²) in [7, 11) is 4.02. The lowest BCUT2D eigenvalue weighted by atomic mass is 10.2. The Hall–Kier alpha value is -1.00. The molecule has 4 heteroatoms. The molecule has 0 unspecified atom stereocenters. The van der Waals surface area contributed by atoms with Crippen LogP contribution in [0.2, 0.25) is 0 Å². The van der Waals surface area contributed by atoms with Crippen LogP contribution in [0.1, 0.15) is 25.6 Å². The van der Waals surface area contributed by atoms with Gasteiger partial charge in [-0.25, -0.2) is 0 Å². The van der Waals surface area contributed by atoms with Gasteiger partial charge in [0.15, 0.2) is 5.88 Å². The minimum absolute atomic E-state index is 0.157. The third kappa shape index (κ3) is 2.77. The first-order valence-electron chi connectivity index (χ1n) is 5.85. The zero-order valence-electron chi connectivity index (χ0n) is 10.7. The van der Waals surface area contributed by atoms with Crippen molar-refractivity contribution in [3.05, 3.63) is 17.9 Å². The van der Waals surface area contributed by atoms with Crippen LogP contribution in [0, 0.1) is 0 Å². The molecule has 1 heterocycles. The summed E-state index contributed by atoms with van der Waals surface area (Å²) < 4.78 is 5.85. The summed E-state index contributed by atoms with van der Waals surface area (Å²) in [4.78, 5) is 4.26. The number of nitrogens with two attached hydrogens (primary N) is 1. The second kappa shape index (κ2) is 5.92. The second-order valence-electron chi connectivity index (χ2n) is 4.06. The predicted molar refractivity (Wildman–Crippen MR) is 67.8 cm³/mol. The largest absolute Gasteiger partial charge is 0.444 e. The van der Waals surface area contributed by atoms with Crippen LogP contribution in [0.25, 0.3) is 0 Å². The molecular weight excluding hydrogens is 202 g/mol. The molecule has 0 aliphatic carbocycles. The van der Waals surface area contributed by atoms with Crippen LogP contribution in [0.4, 0.5) is 5.88 Å². The Kier molecular flexibility index (Phi) is 4.83. The van der Waals surface area contributed by atoms with Crippen LogP contribution >= 0.6 is 0 Å². The Morgan fingerprint density at radius 3 is 2.31 bits per heavy atom. The van der Waals surface area contributed by atoms with E-state index in [4.69, 9.17) is 10.2 Å². The summed E-state index contributed by atoms with van der Waals surface area (Å²) in [5.74, 6) is 1.87. The summed E-state index contributed by atoms with van der Waals surface area (Å²) in [5.41, 5.74) is 5.74. The Morgan fingerprint density at radius 2 is 1.88 bits per heavy atom. The Balaban J connectivity index is 2.84. The van der Waals surface area contributed by atoms with Crippen LogP contribution in [-0.2, 0) is 0 Å². The highest BCUT2D eigenvalue weighted by Crippen LogP contribution is 2.24. The van der Waals surface area contributed by atoms with Crippen molar-refractivity contribution in [2.45, 2.75) is 19.9 Å². The summed E-state index contributed by atoms with van der Waals surface area (Å²) in [6.07, 6.45) is 0. The minimum atomic E-state index is 0.157. The first-order valence-corrected chi connectivity index (χ1v) is 5.85. The van der Waals surface area contributed by atoms with Crippen LogP contribution in [0.5, 0.6) is 0 Å². The van der Waals surface area contributed by atoms with Crippen molar-refractivity contribution in [1.29, 1.82) is 0 Å². The standard InChI is InChI=1S/C12H23N3O/c1-5-15(6-2)12-8-7-11(16-12)10(9-13)14(3)4/h7-8,10H,5-6,9,13H2,1-4H3/t10-/m1/s1. The highest BCUT2D eigenvalue weighted by atomic mass is 16.4. The lowest BCUT2D eigenvalue weighted by Gasteiger charge is -2.21. The summed E-state index contributed by atoms with van der Waals surface area (Å²) in [5, 5.41) is 0. The predicted octanol–water partition coefficient (Wildman–Crippen LogP) is 1.69. The molecule has 0 radical (unpaired) electrons. The summed E-state index contributed by atoms with van der Waals surface area (Å²) in [6, 6.07) is 4.20. The molecule has 16 heavy (non-hydrogen) atoms. The molecule has 0 aliphatic heterocycles. The average Bonchev–Trinajstić information content (AvgIpc) is 2.70. The van der Waals surface area contributed by atoms with E-state index in [0.29, 0.717) is 6.54 Å². The molecule has 92 valence electrons. The monoisotopic (exact) mass is 225 g/mol. The van der Waals surface area contributed by atoms with Crippen LogP contribution in [-0.4, -0.2) is 38.6 Å². The lowest BCUT2D eigenvalue weighted by Crippen LogP contribution is -2.26. The molecule has 0 spiro atoms. The van der Waals surface area contributed by atoms with Gasteiger partial charge < -0.3 is 15.1 Å². The molecule has 0 amide bonds. The molecule has 1 rings (SSSR count). The van der Waals surface area contributed by atoms with Gasteiger partial charge in [0.2, 0.25) is 0 Å². The zero-order chi connectivity index (χ0) is 12.1. The van der Waals surface area contributed by atoms with E-state index < -0.39 is 0 Å². The van der Waals surface area contributed by atoms with Crippen molar-refractivity contribution in [3.8, 4) is 0 Å². The molecular formula is C12H23N3O. The maximum Gasteiger partial charge on any atom is 0.195 e. The topological polar surface area (TPSA) is 45.6 Å². The van der Waals surface area contributed by atoms with Gasteiger partial charge in [0.25, 0.3) is 0 Å². The number of hydrogen-bond acceptors (Lipinski definition) is 4. The van der Waals surface area contributed by atoms with Gasteiger partial charge in [0.1, 0.15) is 5.76 Å². The fourth-order valence-corrected chi connectivity index (χ4v) is 1.81. The lowest BCUT2D eigenvalue weighted by molar-refractivity contribution is 0.265. The molecule has 2 N–H and O–H groups in total. The van der Waals surface area contributed by atoms with Gasteiger partial charge in [-0.3, -0.25) is 4.90 Å². The molecule has 1 atom stereocenters. The Labute approximate surface area is 98.0 Å². The molecule has 0 bridgehead atoms. The average molecular weight is 225 g/mol. The fourth-order valence-electron chi connectivity index (χ4n) is 1.81. The van der Waals surface area contributed by atoms with E-state index >= 15 is 0 Å². The van der Waals surface area contributed by atoms with E-state index in [1.165, 1.54) is 0 Å². The van der Waals surface area contributed by atoms with Crippen LogP contribution in [0.15, 0.2) is 16.5 Å². The van der Waals surface area contributed by atoms with E-state index in [1.54, 1.807) is 0 Å². The third-order valence-corrected chi connectivity index (χ3v) is 2.86. The second-order valence-corrected chi connectivity index (χ2v) is 4.06. The highest BCUT2D eigenvalue weighted by molar-refractivity contribution is 5.36. The van der Waals surface area contributed by atoms with E-state index in [-0.39, 0.29) is 6.04 Å². The van der Waals surface area contributed by atoms with E-state index in [2.05, 4.69) is 23.6 Å². The molecule has 1 aromatic rings. The van der Waals surface area contributed by atoms with E-state index in [0.717, 1.165) is 24.7 Å². The number of anilines is 1. The number of furan rings is 1. The molecule has 1 aromatic heterocycles.